The zero-order chi connectivity index (χ0) is 12.5. The summed E-state index contributed by atoms with van der Waals surface area (Å²) in [6.07, 6.45) is 0. The molecule has 0 amide bonds. The topological polar surface area (TPSA) is 0 Å². The lowest BCUT2D eigenvalue weighted by Crippen LogP contribution is -1.96. The lowest BCUT2D eigenvalue weighted by Gasteiger charge is -2.10. The molecule has 18 heavy (non-hydrogen) atoms. The molecule has 0 N–H and O–H groups in total. The fraction of sp³-hybridized carbons (Fsp3) is 0.125. The molecule has 90 valence electrons. The molecule has 2 heteroatoms. The Morgan fingerprint density at radius 1 is 1.00 bits per heavy atom. The minimum absolute atomic E-state index is 0.101. The van der Waals surface area contributed by atoms with Crippen molar-refractivity contribution in [2.75, 3.05) is 0 Å². The van der Waals surface area contributed by atoms with E-state index in [2.05, 4.69) is 25.1 Å². The fourth-order valence-corrected chi connectivity index (χ4v) is 3.33. The van der Waals surface area contributed by atoms with Crippen molar-refractivity contribution in [1.82, 2.24) is 0 Å². The van der Waals surface area contributed by atoms with Crippen LogP contribution in [0.4, 0.5) is 4.39 Å². The first-order chi connectivity index (χ1) is 8.75. The summed E-state index contributed by atoms with van der Waals surface area (Å²) in [5, 5.41) is 1.24. The predicted octanol–water partition coefficient (Wildman–Crippen LogP) is 5.19. The lowest BCUT2D eigenvalue weighted by atomic mass is 9.99. The second-order valence-corrected chi connectivity index (χ2v) is 5.55. The summed E-state index contributed by atoms with van der Waals surface area (Å²) < 4.78 is 15.0. The van der Waals surface area contributed by atoms with E-state index in [0.29, 0.717) is 0 Å². The Hall–Kier alpha value is -1.67. The van der Waals surface area contributed by atoms with Crippen LogP contribution in [0.15, 0.2) is 54.6 Å². The highest BCUT2D eigenvalue weighted by Gasteiger charge is 2.14. The van der Waals surface area contributed by atoms with E-state index in [1.807, 2.05) is 24.3 Å². The Bertz CT molecular complexity index is 651. The minimum atomic E-state index is -0.123. The maximum Gasteiger partial charge on any atom is 0.127 e. The molecule has 0 saturated heterocycles. The van der Waals surface area contributed by atoms with Crippen molar-refractivity contribution in [2.45, 2.75) is 12.8 Å². The van der Waals surface area contributed by atoms with Crippen LogP contribution in [-0.4, -0.2) is 0 Å². The van der Waals surface area contributed by atoms with Gasteiger partial charge in [0.05, 0.1) is 0 Å². The number of benzene rings is 2. The van der Waals surface area contributed by atoms with Gasteiger partial charge in [-0.3, -0.25) is 0 Å². The summed E-state index contributed by atoms with van der Waals surface area (Å²) in [6, 6.07) is 17.5. The smallest absolute Gasteiger partial charge is 0.127 e. The predicted molar refractivity (Wildman–Crippen MR) is 75.7 cm³/mol. The zero-order valence-electron chi connectivity index (χ0n) is 10.1. The Labute approximate surface area is 110 Å². The summed E-state index contributed by atoms with van der Waals surface area (Å²) in [7, 11) is 0. The van der Waals surface area contributed by atoms with E-state index in [1.165, 1.54) is 21.0 Å². The van der Waals surface area contributed by atoms with Gasteiger partial charge in [0.1, 0.15) is 5.82 Å². The van der Waals surface area contributed by atoms with Gasteiger partial charge in [0, 0.05) is 15.5 Å². The van der Waals surface area contributed by atoms with Crippen molar-refractivity contribution < 1.29 is 4.39 Å². The van der Waals surface area contributed by atoms with Crippen molar-refractivity contribution in [3.63, 3.8) is 0 Å². The summed E-state index contributed by atoms with van der Waals surface area (Å²) in [5.74, 6) is -0.0222. The molecule has 0 fully saturated rings. The number of thiophene rings is 1. The summed E-state index contributed by atoms with van der Waals surface area (Å²) >= 11 is 1.74. The van der Waals surface area contributed by atoms with Gasteiger partial charge in [-0.05, 0) is 29.1 Å². The van der Waals surface area contributed by atoms with Crippen LogP contribution in [0.5, 0.6) is 0 Å². The molecule has 0 spiro atoms. The normalized spacial score (nSPS) is 12.8. The molecule has 0 aliphatic carbocycles. The number of halogens is 1. The van der Waals surface area contributed by atoms with Crippen molar-refractivity contribution in [3.8, 4) is 0 Å². The zero-order valence-corrected chi connectivity index (χ0v) is 10.9. The SMILES string of the molecule is CC(c1cc2ccccc2s1)c1ccccc1F. The van der Waals surface area contributed by atoms with Gasteiger partial charge in [-0.2, -0.15) is 0 Å². The van der Waals surface area contributed by atoms with E-state index in [4.69, 9.17) is 0 Å². The Balaban J connectivity index is 2.07. The summed E-state index contributed by atoms with van der Waals surface area (Å²) in [4.78, 5) is 1.21. The Morgan fingerprint density at radius 2 is 1.72 bits per heavy atom. The maximum atomic E-state index is 13.8. The molecule has 0 aliphatic rings. The molecular weight excluding hydrogens is 243 g/mol. The van der Waals surface area contributed by atoms with E-state index in [1.54, 1.807) is 17.4 Å². The molecule has 0 bridgehead atoms. The fourth-order valence-electron chi connectivity index (χ4n) is 2.20. The van der Waals surface area contributed by atoms with Gasteiger partial charge in [0.2, 0.25) is 0 Å². The van der Waals surface area contributed by atoms with E-state index < -0.39 is 0 Å². The van der Waals surface area contributed by atoms with Crippen LogP contribution < -0.4 is 0 Å². The highest BCUT2D eigenvalue weighted by atomic mass is 32.1. The largest absolute Gasteiger partial charge is 0.207 e. The summed E-state index contributed by atoms with van der Waals surface area (Å²) in [6.45, 7) is 2.06. The average molecular weight is 256 g/mol. The lowest BCUT2D eigenvalue weighted by molar-refractivity contribution is 0.604. The first-order valence-corrected chi connectivity index (χ1v) is 6.80. The number of hydrogen-bond donors (Lipinski definition) is 0. The first-order valence-electron chi connectivity index (χ1n) is 5.98. The van der Waals surface area contributed by atoms with Gasteiger partial charge in [-0.1, -0.05) is 43.3 Å². The van der Waals surface area contributed by atoms with Gasteiger partial charge in [0.25, 0.3) is 0 Å². The van der Waals surface area contributed by atoms with Gasteiger partial charge in [-0.15, -0.1) is 11.3 Å². The molecule has 0 radical (unpaired) electrons. The standard InChI is InChI=1S/C16H13FS/c1-11(13-7-3-4-8-14(13)17)16-10-12-6-2-5-9-15(12)18-16/h2-11H,1H3. The van der Waals surface area contributed by atoms with Crippen molar-refractivity contribution in [1.29, 1.82) is 0 Å². The number of rotatable bonds is 2. The van der Waals surface area contributed by atoms with Crippen molar-refractivity contribution in [3.05, 3.63) is 70.9 Å². The molecule has 1 atom stereocenters. The number of hydrogen-bond acceptors (Lipinski definition) is 1. The second kappa shape index (κ2) is 4.54. The molecular formula is C16H13FS. The van der Waals surface area contributed by atoms with Crippen LogP contribution in [0.2, 0.25) is 0 Å². The van der Waals surface area contributed by atoms with Crippen LogP contribution in [0.25, 0.3) is 10.1 Å². The average Bonchev–Trinajstić information content (AvgIpc) is 2.82. The molecule has 3 aromatic rings. The molecule has 3 rings (SSSR count). The van der Waals surface area contributed by atoms with Gasteiger partial charge in [-0.25, -0.2) is 4.39 Å². The van der Waals surface area contributed by atoms with Crippen LogP contribution in [-0.2, 0) is 0 Å². The highest BCUT2D eigenvalue weighted by molar-refractivity contribution is 7.19. The number of fused-ring (bicyclic) bond motifs is 1. The van der Waals surface area contributed by atoms with E-state index in [-0.39, 0.29) is 11.7 Å². The molecule has 0 aliphatic heterocycles. The Morgan fingerprint density at radius 3 is 2.50 bits per heavy atom. The summed E-state index contributed by atoms with van der Waals surface area (Å²) in [5.41, 5.74) is 0.768. The quantitative estimate of drug-likeness (QED) is 0.591. The second-order valence-electron chi connectivity index (χ2n) is 4.43. The van der Waals surface area contributed by atoms with Gasteiger partial charge >= 0.3 is 0 Å². The third kappa shape index (κ3) is 1.93. The van der Waals surface area contributed by atoms with Crippen molar-refractivity contribution >= 4 is 21.4 Å². The van der Waals surface area contributed by atoms with Gasteiger partial charge < -0.3 is 0 Å². The van der Waals surface area contributed by atoms with Crippen molar-refractivity contribution in [2.24, 2.45) is 0 Å². The molecule has 1 unspecified atom stereocenters. The molecule has 2 aromatic carbocycles. The highest BCUT2D eigenvalue weighted by Crippen LogP contribution is 2.34. The van der Waals surface area contributed by atoms with Crippen LogP contribution in [0.1, 0.15) is 23.3 Å². The van der Waals surface area contributed by atoms with E-state index >= 15 is 0 Å². The molecule has 1 aromatic heterocycles. The molecule has 0 saturated carbocycles. The first kappa shape index (κ1) is 11.4. The van der Waals surface area contributed by atoms with Gasteiger partial charge in [0.15, 0.2) is 0 Å². The minimum Gasteiger partial charge on any atom is -0.207 e. The Kier molecular flexibility index (Phi) is 2.88. The van der Waals surface area contributed by atoms with Crippen LogP contribution in [0.3, 0.4) is 0 Å². The van der Waals surface area contributed by atoms with E-state index in [0.717, 1.165) is 5.56 Å². The third-order valence-electron chi connectivity index (χ3n) is 3.24. The monoisotopic (exact) mass is 256 g/mol. The molecule has 1 heterocycles. The third-order valence-corrected chi connectivity index (χ3v) is 4.54. The molecule has 0 nitrogen and oxygen atoms in total. The van der Waals surface area contributed by atoms with E-state index in [9.17, 15) is 4.39 Å². The maximum absolute atomic E-state index is 13.8. The van der Waals surface area contributed by atoms with Crippen LogP contribution in [0, 0.1) is 5.82 Å². The van der Waals surface area contributed by atoms with Crippen LogP contribution >= 0.6 is 11.3 Å².